The number of hydrogen-bond acceptors (Lipinski definition) is 6. The number of benzene rings is 2. The number of furan rings is 1. The summed E-state index contributed by atoms with van der Waals surface area (Å²) in [6.45, 7) is 0.486. The van der Waals surface area contributed by atoms with Crippen LogP contribution in [0.25, 0.3) is 0 Å². The molecule has 0 atom stereocenters. The molecule has 3 amide bonds. The highest BCUT2D eigenvalue weighted by Gasteiger charge is 2.19. The van der Waals surface area contributed by atoms with E-state index in [1.165, 1.54) is 6.26 Å². The third-order valence-corrected chi connectivity index (χ3v) is 4.52. The molecule has 9 heteroatoms. The number of hydrogen-bond donors (Lipinski definition) is 3. The van der Waals surface area contributed by atoms with Gasteiger partial charge in [-0.15, -0.1) is 0 Å². The van der Waals surface area contributed by atoms with Crippen molar-refractivity contribution in [1.82, 2.24) is 10.6 Å². The van der Waals surface area contributed by atoms with Crippen LogP contribution in [-0.4, -0.2) is 24.5 Å². The monoisotopic (exact) mass is 421 g/mol. The molecule has 0 aliphatic carbocycles. The summed E-state index contributed by atoms with van der Waals surface area (Å²) in [5.41, 5.74) is 1.21. The van der Waals surface area contributed by atoms with E-state index in [1.54, 1.807) is 54.6 Å². The van der Waals surface area contributed by atoms with Crippen molar-refractivity contribution in [2.75, 3.05) is 12.1 Å². The predicted molar refractivity (Wildman–Crippen MR) is 109 cm³/mol. The van der Waals surface area contributed by atoms with Crippen LogP contribution in [0, 0.1) is 0 Å². The third-order valence-electron chi connectivity index (χ3n) is 4.52. The molecule has 3 aromatic rings. The number of rotatable bonds is 6. The van der Waals surface area contributed by atoms with Crippen LogP contribution < -0.4 is 25.4 Å². The van der Waals surface area contributed by atoms with Crippen molar-refractivity contribution in [3.63, 3.8) is 0 Å². The van der Waals surface area contributed by atoms with Crippen molar-refractivity contribution in [1.29, 1.82) is 0 Å². The van der Waals surface area contributed by atoms with Crippen LogP contribution in [-0.2, 0) is 22.7 Å². The number of para-hydroxylation sites is 1. The molecule has 3 N–H and O–H groups in total. The van der Waals surface area contributed by atoms with Crippen molar-refractivity contribution in [2.24, 2.45) is 0 Å². The molecule has 158 valence electrons. The maximum Gasteiger partial charge on any atom is 0.313 e. The molecule has 2 heterocycles. The van der Waals surface area contributed by atoms with Gasteiger partial charge in [-0.1, -0.05) is 18.2 Å². The topological polar surface area (TPSA) is 119 Å². The number of anilines is 1. The van der Waals surface area contributed by atoms with E-state index in [1.807, 2.05) is 0 Å². The van der Waals surface area contributed by atoms with E-state index in [0.29, 0.717) is 17.3 Å². The standard InChI is InChI=1S/C22H19N3O6/c26-20(24-12-15-4-3-9-29-15)16-5-1-2-6-17(16)25-22(28)21(27)23-11-14-7-8-18-19(10-14)31-13-30-18/h1-10H,11-13H2,(H,23,27)(H,24,26)(H,25,28). The molecule has 31 heavy (non-hydrogen) atoms. The molecule has 4 rings (SSSR count). The highest BCUT2D eigenvalue weighted by Crippen LogP contribution is 2.32. The van der Waals surface area contributed by atoms with Gasteiger partial charge >= 0.3 is 11.8 Å². The summed E-state index contributed by atoms with van der Waals surface area (Å²) < 4.78 is 15.7. The average molecular weight is 421 g/mol. The molecule has 1 aliphatic heterocycles. The van der Waals surface area contributed by atoms with Gasteiger partial charge in [-0.2, -0.15) is 0 Å². The van der Waals surface area contributed by atoms with Gasteiger partial charge in [0, 0.05) is 6.54 Å². The first-order valence-corrected chi connectivity index (χ1v) is 9.47. The zero-order valence-corrected chi connectivity index (χ0v) is 16.3. The van der Waals surface area contributed by atoms with Gasteiger partial charge in [-0.05, 0) is 42.0 Å². The molecule has 1 aliphatic rings. The van der Waals surface area contributed by atoms with Gasteiger partial charge in [0.1, 0.15) is 5.76 Å². The highest BCUT2D eigenvalue weighted by atomic mass is 16.7. The summed E-state index contributed by atoms with van der Waals surface area (Å²) in [4.78, 5) is 37.0. The lowest BCUT2D eigenvalue weighted by Gasteiger charge is -2.11. The van der Waals surface area contributed by atoms with Gasteiger partial charge in [-0.3, -0.25) is 14.4 Å². The van der Waals surface area contributed by atoms with Crippen LogP contribution in [0.15, 0.2) is 65.3 Å². The Morgan fingerprint density at radius 1 is 0.839 bits per heavy atom. The third kappa shape index (κ3) is 4.84. The Hall–Kier alpha value is -4.27. The summed E-state index contributed by atoms with van der Waals surface area (Å²) in [6, 6.07) is 15.1. The molecule has 0 bridgehead atoms. The zero-order chi connectivity index (χ0) is 21.6. The average Bonchev–Trinajstić information content (AvgIpc) is 3.47. The first-order chi connectivity index (χ1) is 15.1. The Balaban J connectivity index is 1.34. The first kappa shape index (κ1) is 20.0. The molecule has 0 saturated heterocycles. The maximum absolute atomic E-state index is 12.5. The van der Waals surface area contributed by atoms with E-state index in [0.717, 1.165) is 5.56 Å². The number of amides is 3. The second kappa shape index (κ2) is 9.04. The van der Waals surface area contributed by atoms with Crippen LogP contribution >= 0.6 is 0 Å². The van der Waals surface area contributed by atoms with E-state index in [2.05, 4.69) is 16.0 Å². The van der Waals surface area contributed by atoms with Crippen LogP contribution in [0.2, 0.25) is 0 Å². The largest absolute Gasteiger partial charge is 0.467 e. The van der Waals surface area contributed by atoms with Gasteiger partial charge in [0.15, 0.2) is 11.5 Å². The lowest BCUT2D eigenvalue weighted by Crippen LogP contribution is -2.35. The first-order valence-electron chi connectivity index (χ1n) is 9.47. The maximum atomic E-state index is 12.5. The molecule has 0 fully saturated rings. The predicted octanol–water partition coefficient (Wildman–Crippen LogP) is 2.19. The van der Waals surface area contributed by atoms with E-state index in [-0.39, 0.29) is 31.1 Å². The quantitative estimate of drug-likeness (QED) is 0.525. The molecular weight excluding hydrogens is 402 g/mol. The van der Waals surface area contributed by atoms with Gasteiger partial charge in [-0.25, -0.2) is 0 Å². The zero-order valence-electron chi connectivity index (χ0n) is 16.3. The molecule has 0 saturated carbocycles. The van der Waals surface area contributed by atoms with Crippen molar-refractivity contribution in [3.05, 3.63) is 77.7 Å². The summed E-state index contributed by atoms with van der Waals surface area (Å²) in [5.74, 6) is -0.304. The smallest absolute Gasteiger partial charge is 0.313 e. The fourth-order valence-corrected chi connectivity index (χ4v) is 2.96. The minimum atomic E-state index is -0.882. The van der Waals surface area contributed by atoms with Gasteiger partial charge < -0.3 is 29.8 Å². The molecule has 1 aromatic heterocycles. The van der Waals surface area contributed by atoms with Crippen molar-refractivity contribution >= 4 is 23.4 Å². The second-order valence-electron chi connectivity index (χ2n) is 6.63. The van der Waals surface area contributed by atoms with Gasteiger partial charge in [0.2, 0.25) is 6.79 Å². The molecular formula is C22H19N3O6. The Morgan fingerprint density at radius 2 is 1.68 bits per heavy atom. The Morgan fingerprint density at radius 3 is 2.52 bits per heavy atom. The lowest BCUT2D eigenvalue weighted by molar-refractivity contribution is -0.136. The normalized spacial score (nSPS) is 11.6. The number of ether oxygens (including phenoxy) is 2. The summed E-state index contributed by atoms with van der Waals surface area (Å²) in [7, 11) is 0. The Kier molecular flexibility index (Phi) is 5.84. The van der Waals surface area contributed by atoms with E-state index >= 15 is 0 Å². The lowest BCUT2D eigenvalue weighted by atomic mass is 10.1. The van der Waals surface area contributed by atoms with Crippen LogP contribution in [0.3, 0.4) is 0 Å². The molecule has 0 spiro atoms. The number of nitrogens with one attached hydrogen (secondary N) is 3. The summed E-state index contributed by atoms with van der Waals surface area (Å²) in [5, 5.41) is 7.73. The Bertz CT molecular complexity index is 1110. The fourth-order valence-electron chi connectivity index (χ4n) is 2.96. The van der Waals surface area contributed by atoms with Gasteiger partial charge in [0.05, 0.1) is 24.1 Å². The minimum Gasteiger partial charge on any atom is -0.467 e. The van der Waals surface area contributed by atoms with Crippen molar-refractivity contribution in [3.8, 4) is 11.5 Å². The van der Waals surface area contributed by atoms with Crippen LogP contribution in [0.1, 0.15) is 21.7 Å². The summed E-state index contributed by atoms with van der Waals surface area (Å²) in [6.07, 6.45) is 1.51. The minimum absolute atomic E-state index is 0.133. The molecule has 0 unspecified atom stereocenters. The van der Waals surface area contributed by atoms with E-state index < -0.39 is 17.7 Å². The van der Waals surface area contributed by atoms with E-state index in [9.17, 15) is 14.4 Å². The van der Waals surface area contributed by atoms with Crippen molar-refractivity contribution in [2.45, 2.75) is 13.1 Å². The number of carbonyl (C=O) groups is 3. The SMILES string of the molecule is O=C(NCc1ccc2c(c1)OCO2)C(=O)Nc1ccccc1C(=O)NCc1ccco1. The van der Waals surface area contributed by atoms with Crippen LogP contribution in [0.5, 0.6) is 11.5 Å². The second-order valence-corrected chi connectivity index (χ2v) is 6.63. The van der Waals surface area contributed by atoms with E-state index in [4.69, 9.17) is 13.9 Å². The summed E-state index contributed by atoms with van der Waals surface area (Å²) >= 11 is 0. The molecule has 9 nitrogen and oxygen atoms in total. The molecule has 2 aromatic carbocycles. The number of carbonyl (C=O) groups excluding carboxylic acids is 3. The van der Waals surface area contributed by atoms with Gasteiger partial charge in [0.25, 0.3) is 5.91 Å². The fraction of sp³-hybridized carbons (Fsp3) is 0.136. The van der Waals surface area contributed by atoms with Crippen LogP contribution in [0.4, 0.5) is 5.69 Å². The highest BCUT2D eigenvalue weighted by molar-refractivity contribution is 6.40. The number of fused-ring (bicyclic) bond motifs is 1. The Labute approximate surface area is 177 Å². The molecule has 0 radical (unpaired) electrons. The van der Waals surface area contributed by atoms with Crippen molar-refractivity contribution < 1.29 is 28.3 Å².